The Kier molecular flexibility index (Phi) is 10.1. The number of hydrogen-bond acceptors (Lipinski definition) is 12. The van der Waals surface area contributed by atoms with E-state index >= 15 is 0 Å². The standard InChI is InChI=1S/C43H55N9O4S/c1-26-18-34(49-50-37(26)48-39-46-31-12-8-9-13-32(31)57-39)51(6)33-15-14-29(35(47-33)38(54)55)30-21-45-52(27(30)2)25-43-23-40(3)19-28(20-41(4,22-40)24-43)36(43)56-42(5,44)16-10-7-11-17-53/h8-9,12-15,18,21,28,36,53H,7,10-11,16-17,19-20,22-25,44H2,1-6H3,(H,54,55)(H,46,48,50). The number of nitrogens with one attached hydrogen (secondary N) is 1. The van der Waals surface area contributed by atoms with Gasteiger partial charge in [0.2, 0.25) is 0 Å². The van der Waals surface area contributed by atoms with Crippen molar-refractivity contribution in [3.05, 3.63) is 65.6 Å². The lowest BCUT2D eigenvalue weighted by Gasteiger charge is -2.68. The van der Waals surface area contributed by atoms with Crippen molar-refractivity contribution >= 4 is 50.1 Å². The lowest BCUT2D eigenvalue weighted by Crippen LogP contribution is -2.66. The fourth-order valence-electron chi connectivity index (χ4n) is 11.1. The number of pyridine rings is 1. The average molecular weight is 794 g/mol. The summed E-state index contributed by atoms with van der Waals surface area (Å²) in [6.07, 6.45) is 10.7. The first-order valence-corrected chi connectivity index (χ1v) is 21.0. The molecule has 4 fully saturated rings. The van der Waals surface area contributed by atoms with Crippen molar-refractivity contribution in [3.8, 4) is 11.1 Å². The summed E-state index contributed by atoms with van der Waals surface area (Å²) < 4.78 is 10.2. The fraction of sp³-hybridized carbons (Fsp3) is 0.535. The van der Waals surface area contributed by atoms with Crippen LogP contribution in [0.1, 0.15) is 100 Å². The van der Waals surface area contributed by atoms with E-state index in [0.29, 0.717) is 35.5 Å². The molecule has 0 spiro atoms. The van der Waals surface area contributed by atoms with Crippen LogP contribution >= 0.6 is 11.3 Å². The quantitative estimate of drug-likeness (QED) is 0.0589. The van der Waals surface area contributed by atoms with Gasteiger partial charge in [0, 0.05) is 42.4 Å². The Bertz CT molecular complexity index is 2250. The van der Waals surface area contributed by atoms with E-state index in [1.165, 1.54) is 6.42 Å². The van der Waals surface area contributed by atoms with Gasteiger partial charge in [0.25, 0.3) is 0 Å². The van der Waals surface area contributed by atoms with Crippen molar-refractivity contribution in [3.63, 3.8) is 0 Å². The maximum absolute atomic E-state index is 12.8. The number of anilines is 4. The highest BCUT2D eigenvalue weighted by molar-refractivity contribution is 7.22. The average Bonchev–Trinajstić information content (AvgIpc) is 3.72. The van der Waals surface area contributed by atoms with E-state index < -0.39 is 11.7 Å². The molecule has 14 heteroatoms. The smallest absolute Gasteiger partial charge is 0.355 e. The first kappa shape index (κ1) is 39.3. The van der Waals surface area contributed by atoms with E-state index in [2.05, 4.69) is 44.0 Å². The molecule has 4 aromatic heterocycles. The number of thiazole rings is 1. The number of aliphatic hydroxyl groups excluding tert-OH is 1. The third-order valence-corrected chi connectivity index (χ3v) is 13.8. The Hall–Kier alpha value is -4.50. The number of ether oxygens (including phenoxy) is 1. The summed E-state index contributed by atoms with van der Waals surface area (Å²) in [6.45, 7) is 11.7. The first-order chi connectivity index (χ1) is 27.1. The van der Waals surface area contributed by atoms with Crippen LogP contribution < -0.4 is 16.0 Å². The minimum atomic E-state index is -1.12. The Labute approximate surface area is 338 Å². The van der Waals surface area contributed by atoms with E-state index in [1.807, 2.05) is 63.2 Å². The number of hydrogen-bond donors (Lipinski definition) is 4. The lowest BCUT2D eigenvalue weighted by molar-refractivity contribution is -0.265. The van der Waals surface area contributed by atoms with Crippen LogP contribution in [0.25, 0.3) is 21.3 Å². The molecule has 4 heterocycles. The van der Waals surface area contributed by atoms with Crippen LogP contribution in [0.3, 0.4) is 0 Å². The number of aromatic carboxylic acids is 1. The second-order valence-corrected chi connectivity index (χ2v) is 19.2. The molecule has 5 aromatic rings. The number of nitrogens with zero attached hydrogens (tertiary/aromatic N) is 7. The van der Waals surface area contributed by atoms with E-state index in [4.69, 9.17) is 15.6 Å². The second-order valence-electron chi connectivity index (χ2n) is 18.1. The number of fused-ring (bicyclic) bond motifs is 1. The number of benzene rings is 1. The number of aliphatic hydroxyl groups is 1. The molecular weight excluding hydrogens is 739 g/mol. The predicted octanol–water partition coefficient (Wildman–Crippen LogP) is 8.39. The molecule has 0 aliphatic heterocycles. The predicted molar refractivity (Wildman–Crippen MR) is 223 cm³/mol. The van der Waals surface area contributed by atoms with Gasteiger partial charge in [0.1, 0.15) is 11.5 Å². The highest BCUT2D eigenvalue weighted by Crippen LogP contribution is 2.71. The molecule has 9 rings (SSSR count). The number of rotatable bonds is 15. The topological polar surface area (TPSA) is 177 Å². The summed E-state index contributed by atoms with van der Waals surface area (Å²) in [5.41, 5.74) is 10.3. The summed E-state index contributed by atoms with van der Waals surface area (Å²) in [5.74, 6) is 0.837. The van der Waals surface area contributed by atoms with Crippen LogP contribution in [0.15, 0.2) is 48.7 Å². The largest absolute Gasteiger partial charge is 0.476 e. The van der Waals surface area contributed by atoms with Gasteiger partial charge in [0.05, 0.1) is 22.5 Å². The molecule has 302 valence electrons. The Morgan fingerprint density at radius 1 is 1.04 bits per heavy atom. The summed E-state index contributed by atoms with van der Waals surface area (Å²) in [7, 11) is 1.80. The van der Waals surface area contributed by atoms with Gasteiger partial charge < -0.3 is 30.9 Å². The number of para-hydroxylation sites is 1. The zero-order valence-electron chi connectivity index (χ0n) is 33.9. The zero-order valence-corrected chi connectivity index (χ0v) is 34.7. The number of aromatic nitrogens is 6. The van der Waals surface area contributed by atoms with E-state index in [9.17, 15) is 15.0 Å². The van der Waals surface area contributed by atoms with Crippen molar-refractivity contribution in [1.82, 2.24) is 29.9 Å². The molecule has 57 heavy (non-hydrogen) atoms. The van der Waals surface area contributed by atoms with Gasteiger partial charge in [-0.05, 0) is 125 Å². The number of carboxylic acids is 1. The Balaban J connectivity index is 1.04. The van der Waals surface area contributed by atoms with Gasteiger partial charge in [-0.1, -0.05) is 43.7 Å². The molecule has 1 aromatic carbocycles. The van der Waals surface area contributed by atoms with Crippen LogP contribution in [0.4, 0.5) is 22.6 Å². The van der Waals surface area contributed by atoms with Gasteiger partial charge in [-0.2, -0.15) is 5.10 Å². The zero-order chi connectivity index (χ0) is 40.3. The van der Waals surface area contributed by atoms with E-state index in [0.717, 1.165) is 83.5 Å². The fourth-order valence-corrected chi connectivity index (χ4v) is 11.9. The molecule has 4 saturated carbocycles. The second kappa shape index (κ2) is 14.7. The molecule has 0 radical (unpaired) electrons. The van der Waals surface area contributed by atoms with Crippen LogP contribution in [-0.2, 0) is 11.3 Å². The van der Waals surface area contributed by atoms with Crippen LogP contribution in [0, 0.1) is 36.0 Å². The third kappa shape index (κ3) is 7.64. The molecule has 0 saturated heterocycles. The van der Waals surface area contributed by atoms with Crippen molar-refractivity contribution in [2.24, 2.45) is 27.9 Å². The summed E-state index contributed by atoms with van der Waals surface area (Å²) in [5, 5.41) is 37.6. The monoisotopic (exact) mass is 793 g/mol. The van der Waals surface area contributed by atoms with Gasteiger partial charge in [-0.15, -0.1) is 10.2 Å². The molecule has 4 aliphatic rings. The number of aryl methyl sites for hydroxylation is 1. The SMILES string of the molecule is Cc1cc(N(C)c2ccc(-c3cnn(CC45CC6(C)CC(CC(C)(C6)C4)C5OC(C)(N)CCCCCO)c3C)c(C(=O)O)n2)nnc1Nc1nc2ccccc2s1. The van der Waals surface area contributed by atoms with E-state index in [-0.39, 0.29) is 34.6 Å². The van der Waals surface area contributed by atoms with Gasteiger partial charge in [-0.25, -0.2) is 14.8 Å². The molecule has 13 nitrogen and oxygen atoms in total. The maximum Gasteiger partial charge on any atom is 0.355 e. The number of carbonyl (C=O) groups is 1. The highest BCUT2D eigenvalue weighted by atomic mass is 32.1. The highest BCUT2D eigenvalue weighted by Gasteiger charge is 2.66. The molecular formula is C43H55N9O4S. The van der Waals surface area contributed by atoms with Crippen molar-refractivity contribution in [1.29, 1.82) is 0 Å². The van der Waals surface area contributed by atoms with Gasteiger partial charge >= 0.3 is 5.97 Å². The molecule has 0 amide bonds. The molecule has 4 atom stereocenters. The molecule has 4 aliphatic carbocycles. The Morgan fingerprint density at radius 3 is 2.49 bits per heavy atom. The molecule has 4 bridgehead atoms. The number of nitrogens with two attached hydrogens (primary N) is 1. The Morgan fingerprint density at radius 2 is 1.79 bits per heavy atom. The minimum absolute atomic E-state index is 0.00557. The van der Waals surface area contributed by atoms with Crippen molar-refractivity contribution < 1.29 is 19.7 Å². The number of carboxylic acid groups (broad SMARTS) is 1. The van der Waals surface area contributed by atoms with Crippen LogP contribution in [0.5, 0.6) is 0 Å². The minimum Gasteiger partial charge on any atom is -0.476 e. The molecule has 4 unspecified atom stereocenters. The van der Waals surface area contributed by atoms with Crippen molar-refractivity contribution in [2.45, 2.75) is 111 Å². The summed E-state index contributed by atoms with van der Waals surface area (Å²) in [4.78, 5) is 23.9. The van der Waals surface area contributed by atoms with Crippen LogP contribution in [-0.4, -0.2) is 71.6 Å². The normalized spacial score (nSPS) is 26.2. The first-order valence-electron chi connectivity index (χ1n) is 20.1. The lowest BCUT2D eigenvalue weighted by atomic mass is 9.39. The summed E-state index contributed by atoms with van der Waals surface area (Å²) >= 11 is 1.54. The van der Waals surface area contributed by atoms with Crippen LogP contribution in [0.2, 0.25) is 0 Å². The molecule has 5 N–H and O–H groups in total. The maximum atomic E-state index is 12.8. The van der Waals surface area contributed by atoms with E-state index in [1.54, 1.807) is 29.5 Å². The van der Waals surface area contributed by atoms with Gasteiger partial charge in [0.15, 0.2) is 22.5 Å². The third-order valence-electron chi connectivity index (χ3n) is 12.8. The number of unbranched alkanes of at least 4 members (excludes halogenated alkanes) is 2. The van der Waals surface area contributed by atoms with Crippen molar-refractivity contribution in [2.75, 3.05) is 23.9 Å². The van der Waals surface area contributed by atoms with Gasteiger partial charge in [-0.3, -0.25) is 4.68 Å². The summed E-state index contributed by atoms with van der Waals surface area (Å²) in [6, 6.07) is 13.5.